The Morgan fingerprint density at radius 3 is 2.67 bits per heavy atom. The van der Waals surface area contributed by atoms with Crippen LogP contribution in [0, 0.1) is 20.8 Å². The van der Waals surface area contributed by atoms with Gasteiger partial charge in [0.05, 0.1) is 11.8 Å². The molecular weight excluding hydrogens is 306 g/mol. The van der Waals surface area contributed by atoms with Gasteiger partial charge in [0.25, 0.3) is 5.91 Å². The fraction of sp³-hybridized carbons (Fsp3) is 0.167. The van der Waals surface area contributed by atoms with Gasteiger partial charge in [-0.1, -0.05) is 6.07 Å². The lowest BCUT2D eigenvalue weighted by molar-refractivity contribution is 0.102. The Balaban J connectivity index is 1.78. The highest BCUT2D eigenvalue weighted by Crippen LogP contribution is 2.25. The van der Waals surface area contributed by atoms with E-state index >= 15 is 0 Å². The lowest BCUT2D eigenvalue weighted by atomic mass is 10.1. The summed E-state index contributed by atoms with van der Waals surface area (Å²) in [4.78, 5) is 20.5. The second kappa shape index (κ2) is 6.54. The fourth-order valence-corrected chi connectivity index (χ4v) is 2.42. The number of ether oxygens (including phenoxy) is 1. The van der Waals surface area contributed by atoms with Crippen LogP contribution in [0.2, 0.25) is 0 Å². The summed E-state index contributed by atoms with van der Waals surface area (Å²) >= 11 is 0. The maximum absolute atomic E-state index is 12.5. The lowest BCUT2D eigenvalue weighted by Gasteiger charge is -2.08. The molecule has 0 bridgehead atoms. The molecule has 3 aromatic rings. The fourth-order valence-electron chi connectivity index (χ4n) is 2.42. The highest BCUT2D eigenvalue weighted by atomic mass is 16.5. The zero-order valence-electron chi connectivity index (χ0n) is 13.7. The van der Waals surface area contributed by atoms with Crippen molar-refractivity contribution in [1.82, 2.24) is 9.97 Å². The first-order chi connectivity index (χ1) is 11.5. The molecule has 0 unspecified atom stereocenters. The third-order valence-electron chi connectivity index (χ3n) is 3.64. The molecule has 24 heavy (non-hydrogen) atoms. The van der Waals surface area contributed by atoms with Crippen molar-refractivity contribution in [3.63, 3.8) is 0 Å². The first-order valence-corrected chi connectivity index (χ1v) is 7.46. The van der Waals surface area contributed by atoms with Gasteiger partial charge in [0, 0.05) is 29.7 Å². The molecular formula is C18H17N3O3. The van der Waals surface area contributed by atoms with Gasteiger partial charge in [0.2, 0.25) is 5.88 Å². The number of nitrogens with one attached hydrogen (secondary N) is 1. The highest BCUT2D eigenvalue weighted by Gasteiger charge is 2.18. The van der Waals surface area contributed by atoms with Crippen molar-refractivity contribution in [2.24, 2.45) is 0 Å². The van der Waals surface area contributed by atoms with E-state index in [-0.39, 0.29) is 5.91 Å². The molecule has 0 atom stereocenters. The number of nitrogens with zero attached hydrogens (tertiary/aromatic N) is 2. The molecule has 0 aliphatic carbocycles. The van der Waals surface area contributed by atoms with Crippen molar-refractivity contribution in [3.8, 4) is 11.6 Å². The summed E-state index contributed by atoms with van der Waals surface area (Å²) in [5.74, 6) is 2.09. The lowest BCUT2D eigenvalue weighted by Crippen LogP contribution is -2.13. The molecule has 1 N–H and O–H groups in total. The number of benzene rings is 1. The zero-order valence-corrected chi connectivity index (χ0v) is 13.7. The van der Waals surface area contributed by atoms with Gasteiger partial charge in [-0.15, -0.1) is 0 Å². The predicted molar refractivity (Wildman–Crippen MR) is 89.4 cm³/mol. The smallest absolute Gasteiger partial charge is 0.259 e. The summed E-state index contributed by atoms with van der Waals surface area (Å²) in [5.41, 5.74) is 2.03. The van der Waals surface area contributed by atoms with Gasteiger partial charge < -0.3 is 14.5 Å². The van der Waals surface area contributed by atoms with Gasteiger partial charge in [-0.3, -0.25) is 9.78 Å². The topological polar surface area (TPSA) is 77.2 Å². The molecule has 6 nitrogen and oxygen atoms in total. The highest BCUT2D eigenvalue weighted by molar-refractivity contribution is 6.06. The minimum Gasteiger partial charge on any atom is -0.466 e. The van der Waals surface area contributed by atoms with Crippen LogP contribution in [0.15, 0.2) is 47.3 Å². The Kier molecular flexibility index (Phi) is 4.29. The Bertz CT molecular complexity index is 872. The Morgan fingerprint density at radius 2 is 2.00 bits per heavy atom. The molecule has 1 aromatic carbocycles. The van der Waals surface area contributed by atoms with Gasteiger partial charge in [-0.25, -0.2) is 4.98 Å². The van der Waals surface area contributed by atoms with E-state index in [4.69, 9.17) is 9.15 Å². The number of hydrogen-bond acceptors (Lipinski definition) is 5. The average Bonchev–Trinajstić information content (AvgIpc) is 2.81. The van der Waals surface area contributed by atoms with E-state index < -0.39 is 0 Å². The quantitative estimate of drug-likeness (QED) is 0.784. The van der Waals surface area contributed by atoms with Crippen LogP contribution in [-0.4, -0.2) is 15.9 Å². The van der Waals surface area contributed by atoms with E-state index in [9.17, 15) is 4.79 Å². The van der Waals surface area contributed by atoms with E-state index in [0.29, 0.717) is 28.6 Å². The molecule has 0 aliphatic rings. The molecule has 0 fully saturated rings. The number of hydrogen-bond donors (Lipinski definition) is 1. The number of carbonyl (C=O) groups excluding carboxylic acids is 1. The van der Waals surface area contributed by atoms with E-state index in [1.807, 2.05) is 13.8 Å². The standard InChI is InChI=1S/C18H17N3O3/c1-11-12(2)23-13(3)17(11)18(22)21-14-5-4-6-15(9-14)24-16-10-19-7-8-20-16/h4-10H,1-3H3,(H,21,22). The minimum atomic E-state index is -0.210. The molecule has 2 aromatic heterocycles. The maximum Gasteiger partial charge on any atom is 0.259 e. The van der Waals surface area contributed by atoms with E-state index in [1.54, 1.807) is 43.6 Å². The van der Waals surface area contributed by atoms with E-state index in [0.717, 1.165) is 11.3 Å². The number of anilines is 1. The molecule has 0 radical (unpaired) electrons. The summed E-state index contributed by atoms with van der Waals surface area (Å²) in [6.07, 6.45) is 4.64. The van der Waals surface area contributed by atoms with Crippen molar-refractivity contribution in [3.05, 3.63) is 65.5 Å². The first kappa shape index (κ1) is 15.7. The van der Waals surface area contributed by atoms with E-state index in [2.05, 4.69) is 15.3 Å². The van der Waals surface area contributed by atoms with Gasteiger partial charge >= 0.3 is 0 Å². The van der Waals surface area contributed by atoms with Gasteiger partial charge in [-0.05, 0) is 32.9 Å². The molecule has 6 heteroatoms. The number of aryl methyl sites for hydroxylation is 2. The number of furan rings is 1. The van der Waals surface area contributed by atoms with Crippen LogP contribution in [0.4, 0.5) is 5.69 Å². The molecule has 0 aliphatic heterocycles. The number of aromatic nitrogens is 2. The number of amides is 1. The van der Waals surface area contributed by atoms with Crippen molar-refractivity contribution in [1.29, 1.82) is 0 Å². The van der Waals surface area contributed by atoms with Crippen molar-refractivity contribution in [2.75, 3.05) is 5.32 Å². The van der Waals surface area contributed by atoms with E-state index in [1.165, 1.54) is 6.20 Å². The average molecular weight is 323 g/mol. The van der Waals surface area contributed by atoms with Gasteiger partial charge in [0.1, 0.15) is 17.3 Å². The number of rotatable bonds is 4. The normalized spacial score (nSPS) is 10.5. The Labute approximate surface area is 139 Å². The van der Waals surface area contributed by atoms with Crippen molar-refractivity contribution >= 4 is 11.6 Å². The zero-order chi connectivity index (χ0) is 17.1. The van der Waals surface area contributed by atoms with Crippen LogP contribution in [0.3, 0.4) is 0 Å². The van der Waals surface area contributed by atoms with Gasteiger partial charge in [0.15, 0.2) is 0 Å². The molecule has 122 valence electrons. The SMILES string of the molecule is Cc1oc(C)c(C(=O)Nc2cccc(Oc3cnccn3)c2)c1C. The first-order valence-electron chi connectivity index (χ1n) is 7.46. The Morgan fingerprint density at radius 1 is 1.17 bits per heavy atom. The summed E-state index contributed by atoms with van der Waals surface area (Å²) in [6.45, 7) is 5.49. The second-order valence-electron chi connectivity index (χ2n) is 5.34. The molecule has 0 saturated carbocycles. The summed E-state index contributed by atoms with van der Waals surface area (Å²) < 4.78 is 11.1. The van der Waals surface area contributed by atoms with Crippen molar-refractivity contribution < 1.29 is 13.9 Å². The molecule has 1 amide bonds. The van der Waals surface area contributed by atoms with Crippen molar-refractivity contribution in [2.45, 2.75) is 20.8 Å². The summed E-state index contributed by atoms with van der Waals surface area (Å²) in [5, 5.41) is 2.86. The third kappa shape index (κ3) is 3.27. The second-order valence-corrected chi connectivity index (χ2v) is 5.34. The van der Waals surface area contributed by atoms with Gasteiger partial charge in [-0.2, -0.15) is 0 Å². The molecule has 0 saturated heterocycles. The monoisotopic (exact) mass is 323 g/mol. The predicted octanol–water partition coefficient (Wildman–Crippen LogP) is 4.04. The largest absolute Gasteiger partial charge is 0.466 e. The molecule has 0 spiro atoms. The van der Waals surface area contributed by atoms with Crippen LogP contribution in [0.25, 0.3) is 0 Å². The molecule has 3 rings (SSSR count). The third-order valence-corrected chi connectivity index (χ3v) is 3.64. The molecule has 2 heterocycles. The van der Waals surface area contributed by atoms with Crippen LogP contribution in [0.5, 0.6) is 11.6 Å². The van der Waals surface area contributed by atoms with Crippen LogP contribution >= 0.6 is 0 Å². The summed E-state index contributed by atoms with van der Waals surface area (Å²) in [7, 11) is 0. The maximum atomic E-state index is 12.5. The summed E-state index contributed by atoms with van der Waals surface area (Å²) in [6, 6.07) is 7.09. The number of carbonyl (C=O) groups is 1. The van der Waals surface area contributed by atoms with Crippen LogP contribution < -0.4 is 10.1 Å². The van der Waals surface area contributed by atoms with Crippen LogP contribution in [0.1, 0.15) is 27.4 Å². The minimum absolute atomic E-state index is 0.210. The van der Waals surface area contributed by atoms with Crippen LogP contribution in [-0.2, 0) is 0 Å². The Hall–Kier alpha value is -3.15.